The number of carbonyl (C=O) groups is 1. The van der Waals surface area contributed by atoms with Crippen LogP contribution in [0.3, 0.4) is 0 Å². The van der Waals surface area contributed by atoms with Crippen molar-refractivity contribution >= 4 is 27.9 Å². The number of nitrogens with zero attached hydrogens (tertiary/aromatic N) is 3. The molecule has 3 aliphatic heterocycles. The molecule has 0 aromatic heterocycles. The van der Waals surface area contributed by atoms with Gasteiger partial charge in [-0.1, -0.05) is 13.8 Å². The number of nitrogens with one attached hydrogen (secondary N) is 4. The zero-order valence-corrected chi connectivity index (χ0v) is 22.5. The number of sulfonamides is 1. The first kappa shape index (κ1) is 25.6. The standard InChI is InChI=1S/C23H35N7O4S2/c1-16(2)21(32)28-6-8-29(9-7-28)23(30-25-5-11-35-30)14-18(12-20-19(23)15-24-26-20)36(33,34)27-22(3)13-17(22)4-10-31/h5,11-12,14-17,24-27,31H,4,6-10,13H2,1-3H3/t17-,22+,23?/m1/s1. The molecule has 198 valence electrons. The van der Waals surface area contributed by atoms with Gasteiger partial charge >= 0.3 is 0 Å². The van der Waals surface area contributed by atoms with Crippen molar-refractivity contribution in [2.45, 2.75) is 44.8 Å². The summed E-state index contributed by atoms with van der Waals surface area (Å²) in [4.78, 5) is 16.9. The van der Waals surface area contributed by atoms with E-state index in [1.54, 1.807) is 12.2 Å². The first-order valence-corrected chi connectivity index (χ1v) is 14.7. The maximum absolute atomic E-state index is 13.7. The number of rotatable bonds is 8. The molecule has 2 aliphatic carbocycles. The lowest BCUT2D eigenvalue weighted by atomic mass is 9.90. The third kappa shape index (κ3) is 4.35. The largest absolute Gasteiger partial charge is 0.396 e. The number of carbonyl (C=O) groups excluding carboxylic acids is 1. The van der Waals surface area contributed by atoms with Crippen LogP contribution < -0.4 is 21.0 Å². The lowest BCUT2D eigenvalue weighted by Gasteiger charge is -2.51. The molecule has 5 rings (SSSR count). The Morgan fingerprint density at radius 2 is 2.06 bits per heavy atom. The Kier molecular flexibility index (Phi) is 6.67. The van der Waals surface area contributed by atoms with Gasteiger partial charge in [0.25, 0.3) is 0 Å². The Bertz CT molecular complexity index is 1140. The highest BCUT2D eigenvalue weighted by molar-refractivity contribution is 8.00. The van der Waals surface area contributed by atoms with Gasteiger partial charge in [-0.3, -0.25) is 9.69 Å². The van der Waals surface area contributed by atoms with Crippen molar-refractivity contribution in [1.82, 2.24) is 35.2 Å². The Labute approximate surface area is 216 Å². The minimum atomic E-state index is -3.86. The summed E-state index contributed by atoms with van der Waals surface area (Å²) in [7, 11) is -3.86. The summed E-state index contributed by atoms with van der Waals surface area (Å²) in [6.07, 6.45) is 8.42. The van der Waals surface area contributed by atoms with E-state index in [1.807, 2.05) is 47.9 Å². The Balaban J connectivity index is 1.50. The number of hydrazine groups is 2. The highest BCUT2D eigenvalue weighted by atomic mass is 32.2. The van der Waals surface area contributed by atoms with E-state index in [0.29, 0.717) is 44.7 Å². The van der Waals surface area contributed by atoms with Gasteiger partial charge in [-0.05, 0) is 49.8 Å². The number of aliphatic hydroxyl groups is 1. The van der Waals surface area contributed by atoms with Gasteiger partial charge in [0.1, 0.15) is 0 Å². The molecule has 0 aromatic carbocycles. The smallest absolute Gasteiger partial charge is 0.240 e. The molecule has 1 saturated heterocycles. The van der Waals surface area contributed by atoms with Crippen LogP contribution in [0.5, 0.6) is 0 Å². The number of amides is 1. The predicted molar refractivity (Wildman–Crippen MR) is 138 cm³/mol. The van der Waals surface area contributed by atoms with Crippen molar-refractivity contribution in [1.29, 1.82) is 0 Å². The molecule has 1 unspecified atom stereocenters. The van der Waals surface area contributed by atoms with Gasteiger partial charge in [0.2, 0.25) is 15.9 Å². The summed E-state index contributed by atoms with van der Waals surface area (Å²) in [6.45, 7) is 8.03. The number of hydrogen-bond acceptors (Lipinski definition) is 10. The van der Waals surface area contributed by atoms with Crippen molar-refractivity contribution in [3.63, 3.8) is 0 Å². The summed E-state index contributed by atoms with van der Waals surface area (Å²) >= 11 is 1.46. The number of aliphatic hydroxyl groups excluding tert-OH is 1. The molecule has 2 fully saturated rings. The van der Waals surface area contributed by atoms with E-state index in [9.17, 15) is 18.3 Å². The minimum Gasteiger partial charge on any atom is -0.396 e. The van der Waals surface area contributed by atoms with Crippen LogP contribution in [0.2, 0.25) is 0 Å². The van der Waals surface area contributed by atoms with Gasteiger partial charge in [0.15, 0.2) is 5.66 Å². The van der Waals surface area contributed by atoms with Crippen LogP contribution in [0.25, 0.3) is 0 Å². The second-order valence-corrected chi connectivity index (χ2v) is 12.9. The van der Waals surface area contributed by atoms with Gasteiger partial charge in [-0.2, -0.15) is 0 Å². The molecule has 0 spiro atoms. The molecule has 1 amide bonds. The second-order valence-electron chi connectivity index (χ2n) is 10.4. The molecule has 0 radical (unpaired) electrons. The Morgan fingerprint density at radius 3 is 2.69 bits per heavy atom. The summed E-state index contributed by atoms with van der Waals surface area (Å²) in [5, 5.41) is 11.2. The molecule has 0 bridgehead atoms. The van der Waals surface area contributed by atoms with E-state index in [0.717, 1.165) is 5.57 Å². The molecular weight excluding hydrogens is 502 g/mol. The maximum atomic E-state index is 13.7. The van der Waals surface area contributed by atoms with Crippen molar-refractivity contribution < 1.29 is 18.3 Å². The third-order valence-corrected chi connectivity index (χ3v) is 10.1. The van der Waals surface area contributed by atoms with E-state index in [-0.39, 0.29) is 29.3 Å². The van der Waals surface area contributed by atoms with Crippen LogP contribution >= 0.6 is 11.9 Å². The fourth-order valence-corrected chi connectivity index (χ4v) is 7.84. The average Bonchev–Trinajstić information content (AvgIpc) is 3.29. The maximum Gasteiger partial charge on any atom is 0.240 e. The normalized spacial score (nSPS) is 32.3. The van der Waals surface area contributed by atoms with E-state index in [1.165, 1.54) is 11.9 Å². The first-order valence-electron chi connectivity index (χ1n) is 12.3. The zero-order chi connectivity index (χ0) is 25.7. The fourth-order valence-electron chi connectivity index (χ4n) is 5.47. The second kappa shape index (κ2) is 9.37. The van der Waals surface area contributed by atoms with Crippen LogP contribution in [0.1, 0.15) is 33.6 Å². The lowest BCUT2D eigenvalue weighted by Crippen LogP contribution is -2.66. The minimum absolute atomic E-state index is 0.0394. The molecule has 3 atom stereocenters. The molecule has 11 nitrogen and oxygen atoms in total. The van der Waals surface area contributed by atoms with E-state index in [4.69, 9.17) is 0 Å². The van der Waals surface area contributed by atoms with Crippen LogP contribution in [-0.2, 0) is 14.8 Å². The summed E-state index contributed by atoms with van der Waals surface area (Å²) in [6, 6.07) is 0. The molecule has 5 aliphatic rings. The molecular formula is C23H35N7O4S2. The van der Waals surface area contributed by atoms with Crippen LogP contribution in [0.15, 0.2) is 46.1 Å². The Morgan fingerprint density at radius 1 is 1.31 bits per heavy atom. The number of allylic oxidation sites excluding steroid dienone is 1. The molecule has 13 heteroatoms. The highest BCUT2D eigenvalue weighted by Gasteiger charge is 2.55. The van der Waals surface area contributed by atoms with Gasteiger partial charge in [0, 0.05) is 67.6 Å². The molecule has 1 saturated carbocycles. The molecule has 0 aromatic rings. The topological polar surface area (TPSA) is 129 Å². The van der Waals surface area contributed by atoms with Gasteiger partial charge in [0.05, 0.1) is 10.6 Å². The molecule has 3 heterocycles. The number of hydrogen-bond donors (Lipinski definition) is 5. The van der Waals surface area contributed by atoms with Crippen molar-refractivity contribution in [3.05, 3.63) is 46.1 Å². The van der Waals surface area contributed by atoms with Crippen molar-refractivity contribution in [2.24, 2.45) is 11.8 Å². The van der Waals surface area contributed by atoms with E-state index in [2.05, 4.69) is 25.9 Å². The number of fused-ring (bicyclic) bond motifs is 1. The molecule has 36 heavy (non-hydrogen) atoms. The van der Waals surface area contributed by atoms with Gasteiger partial charge in [-0.25, -0.2) is 13.1 Å². The predicted octanol–water partition coefficient (Wildman–Crippen LogP) is 0.276. The van der Waals surface area contributed by atoms with Crippen molar-refractivity contribution in [3.8, 4) is 0 Å². The van der Waals surface area contributed by atoms with Crippen LogP contribution in [-0.4, -0.2) is 77.6 Å². The number of piperazine rings is 1. The van der Waals surface area contributed by atoms with Gasteiger partial charge < -0.3 is 26.3 Å². The third-order valence-electron chi connectivity index (χ3n) is 7.61. The van der Waals surface area contributed by atoms with Gasteiger partial charge in [-0.15, -0.1) is 4.41 Å². The summed E-state index contributed by atoms with van der Waals surface area (Å²) in [5.74, 6) is 0.179. The zero-order valence-electron chi connectivity index (χ0n) is 20.8. The quantitative estimate of drug-likeness (QED) is 0.275. The summed E-state index contributed by atoms with van der Waals surface area (Å²) < 4.78 is 32.2. The lowest BCUT2D eigenvalue weighted by molar-refractivity contribution is -0.137. The van der Waals surface area contributed by atoms with Crippen molar-refractivity contribution in [2.75, 3.05) is 32.8 Å². The molecule has 5 N–H and O–H groups in total. The first-order chi connectivity index (χ1) is 17.1. The monoisotopic (exact) mass is 537 g/mol. The average molecular weight is 538 g/mol. The van der Waals surface area contributed by atoms with E-state index >= 15 is 0 Å². The Hall–Kier alpha value is -2.03. The van der Waals surface area contributed by atoms with E-state index < -0.39 is 21.2 Å². The van der Waals surface area contributed by atoms with Crippen LogP contribution in [0.4, 0.5) is 0 Å². The van der Waals surface area contributed by atoms with Crippen LogP contribution in [0, 0.1) is 11.8 Å². The highest BCUT2D eigenvalue weighted by Crippen LogP contribution is 2.48. The summed E-state index contributed by atoms with van der Waals surface area (Å²) in [5.41, 5.74) is 9.50. The SMILES string of the molecule is CC(C)C(=O)N1CCN(C2(N3NC=CS3)C=C(S(=O)(=O)N[C@@]3(C)C[C@H]3CCO)C=C3NNC=C32)CC1. The fraction of sp³-hybridized carbons (Fsp3) is 0.609.